The van der Waals surface area contributed by atoms with Gasteiger partial charge in [0.15, 0.2) is 23.2 Å². The van der Waals surface area contributed by atoms with Gasteiger partial charge in [-0.15, -0.1) is 0 Å². The van der Waals surface area contributed by atoms with E-state index in [9.17, 15) is 19.2 Å². The van der Waals surface area contributed by atoms with Crippen molar-refractivity contribution in [3.63, 3.8) is 0 Å². The van der Waals surface area contributed by atoms with E-state index in [1.54, 1.807) is 45.0 Å². The first kappa shape index (κ1) is 48.1. The molecule has 0 radical (unpaired) electrons. The fourth-order valence-electron chi connectivity index (χ4n) is 5.13. The number of nitrogens with one attached hydrogen (secondary N) is 1. The van der Waals surface area contributed by atoms with Gasteiger partial charge in [-0.3, -0.25) is 19.2 Å². The maximum Gasteiger partial charge on any atom is 0.274 e. The average molecular weight is 1070 g/mol. The number of amides is 1. The lowest BCUT2D eigenvalue weighted by Gasteiger charge is -2.14. The third-order valence-electron chi connectivity index (χ3n) is 7.90. The molecule has 0 saturated carbocycles. The fraction of sp³-hybridized carbons (Fsp3) is 0.158. The lowest BCUT2D eigenvalue weighted by molar-refractivity contribution is 0.0980. The molecule has 2 aromatic carbocycles. The molecule has 0 unspecified atom stereocenters. The number of aromatic nitrogens is 6. The fourth-order valence-corrected chi connectivity index (χ4v) is 7.48. The SMILES string of the molecule is CCC(=O)c1cc(Cl)cc(C)c1N.CCC(=O)c1cc(Cl)cc(C)c1NC(=O)c1cc(Br)nn1-c1ncc(Cl)cc1Cl.O=C(Cl)c1cc(Br)nn1-c1ncc(Cl)cc1Cl. The molecule has 59 heavy (non-hydrogen) atoms. The topological polar surface area (TPSA) is 168 Å². The Hall–Kier alpha value is -3.57. The number of hydrogen-bond donors (Lipinski definition) is 2. The van der Waals surface area contributed by atoms with Crippen molar-refractivity contribution in [3.05, 3.63) is 134 Å². The molecule has 0 spiro atoms. The summed E-state index contributed by atoms with van der Waals surface area (Å²) in [7, 11) is 0. The number of hydrogen-bond acceptors (Lipinski definition) is 9. The minimum atomic E-state index is -0.656. The number of nitrogens with two attached hydrogens (primary N) is 1. The van der Waals surface area contributed by atoms with Gasteiger partial charge in [-0.25, -0.2) is 19.3 Å². The molecule has 0 aliphatic heterocycles. The summed E-state index contributed by atoms with van der Waals surface area (Å²) in [5.41, 5.74) is 9.40. The van der Waals surface area contributed by atoms with Crippen LogP contribution in [0.4, 0.5) is 11.4 Å². The monoisotopic (exact) mass is 1060 g/mol. The molecular weight excluding hydrogens is 1040 g/mol. The Morgan fingerprint density at radius 2 is 1.08 bits per heavy atom. The van der Waals surface area contributed by atoms with E-state index in [2.05, 4.69) is 57.3 Å². The van der Waals surface area contributed by atoms with E-state index < -0.39 is 11.1 Å². The molecule has 1 amide bonds. The van der Waals surface area contributed by atoms with Gasteiger partial charge in [0.25, 0.3) is 11.1 Å². The summed E-state index contributed by atoms with van der Waals surface area (Å²) in [6.07, 6.45) is 3.53. The van der Waals surface area contributed by atoms with Crippen molar-refractivity contribution in [1.29, 1.82) is 0 Å². The highest BCUT2D eigenvalue weighted by Gasteiger charge is 2.23. The van der Waals surface area contributed by atoms with Crippen molar-refractivity contribution in [2.45, 2.75) is 40.5 Å². The molecular formula is C38H29Br2Cl7N8O4. The number of aryl methyl sites for hydroxylation is 2. The van der Waals surface area contributed by atoms with Crippen LogP contribution in [0.25, 0.3) is 11.6 Å². The predicted molar refractivity (Wildman–Crippen MR) is 242 cm³/mol. The molecule has 0 fully saturated rings. The molecule has 4 heterocycles. The molecule has 0 aliphatic carbocycles. The maximum absolute atomic E-state index is 13.1. The number of pyridine rings is 2. The summed E-state index contributed by atoms with van der Waals surface area (Å²) in [5.74, 6) is -0.0759. The largest absolute Gasteiger partial charge is 0.398 e. The van der Waals surface area contributed by atoms with Crippen LogP contribution in [0.1, 0.15) is 79.5 Å². The highest BCUT2D eigenvalue weighted by Crippen LogP contribution is 2.30. The Morgan fingerprint density at radius 3 is 1.56 bits per heavy atom. The first-order chi connectivity index (χ1) is 27.7. The van der Waals surface area contributed by atoms with Crippen molar-refractivity contribution in [1.82, 2.24) is 29.5 Å². The molecule has 12 nitrogen and oxygen atoms in total. The number of nitrogens with zero attached hydrogens (tertiary/aromatic N) is 6. The van der Waals surface area contributed by atoms with Crippen LogP contribution in [0.2, 0.25) is 30.1 Å². The van der Waals surface area contributed by atoms with Crippen LogP contribution >= 0.6 is 113 Å². The molecule has 21 heteroatoms. The van der Waals surface area contributed by atoms with Gasteiger partial charge in [0.2, 0.25) is 0 Å². The van der Waals surface area contributed by atoms with Gasteiger partial charge in [-0.1, -0.05) is 83.5 Å². The van der Waals surface area contributed by atoms with E-state index in [0.717, 1.165) is 5.56 Å². The van der Waals surface area contributed by atoms with Gasteiger partial charge in [-0.2, -0.15) is 10.2 Å². The Balaban J connectivity index is 0.000000216. The van der Waals surface area contributed by atoms with E-state index in [0.29, 0.717) is 63.8 Å². The number of anilines is 2. The minimum Gasteiger partial charge on any atom is -0.398 e. The normalized spacial score (nSPS) is 10.6. The number of rotatable bonds is 9. The second-order valence-electron chi connectivity index (χ2n) is 12.1. The maximum atomic E-state index is 13.1. The molecule has 0 saturated heterocycles. The first-order valence-corrected chi connectivity index (χ1v) is 21.1. The van der Waals surface area contributed by atoms with Crippen LogP contribution in [-0.4, -0.2) is 52.2 Å². The zero-order chi connectivity index (χ0) is 43.9. The third-order valence-corrected chi connectivity index (χ3v) is 10.3. The minimum absolute atomic E-state index is 0.0306. The lowest BCUT2D eigenvalue weighted by atomic mass is 10.0. The molecule has 0 atom stereocenters. The summed E-state index contributed by atoms with van der Waals surface area (Å²) in [6, 6.07) is 12.6. The summed E-state index contributed by atoms with van der Waals surface area (Å²) in [5, 5.41) is 12.6. The highest BCUT2D eigenvalue weighted by atomic mass is 79.9. The Bertz CT molecular complexity index is 2600. The average Bonchev–Trinajstić information content (AvgIpc) is 3.76. The lowest BCUT2D eigenvalue weighted by Crippen LogP contribution is -2.20. The quantitative estimate of drug-likeness (QED) is 0.0813. The van der Waals surface area contributed by atoms with Crippen molar-refractivity contribution in [2.24, 2.45) is 0 Å². The van der Waals surface area contributed by atoms with E-state index in [4.69, 9.17) is 86.9 Å². The van der Waals surface area contributed by atoms with E-state index >= 15 is 0 Å². The van der Waals surface area contributed by atoms with Crippen LogP contribution < -0.4 is 11.1 Å². The van der Waals surface area contributed by atoms with E-state index in [1.165, 1.54) is 46.0 Å². The third kappa shape index (κ3) is 12.3. The number of ketones is 2. The van der Waals surface area contributed by atoms with Crippen molar-refractivity contribution in [2.75, 3.05) is 11.1 Å². The number of halogens is 9. The molecule has 0 aliphatic rings. The summed E-state index contributed by atoms with van der Waals surface area (Å²) >= 11 is 47.6. The van der Waals surface area contributed by atoms with Gasteiger partial charge in [0.05, 0.1) is 25.8 Å². The molecule has 308 valence electrons. The predicted octanol–water partition coefficient (Wildman–Crippen LogP) is 12.7. The second-order valence-corrected chi connectivity index (χ2v) is 16.6. The van der Waals surface area contributed by atoms with Crippen LogP contribution in [-0.2, 0) is 0 Å². The highest BCUT2D eigenvalue weighted by molar-refractivity contribution is 9.10. The molecule has 3 N–H and O–H groups in total. The van der Waals surface area contributed by atoms with Gasteiger partial charge in [0.1, 0.15) is 20.6 Å². The number of Topliss-reactive ketones (excluding diaryl/α,β-unsaturated/α-hetero) is 2. The van der Waals surface area contributed by atoms with Crippen LogP contribution in [0.5, 0.6) is 0 Å². The number of nitrogen functional groups attached to an aromatic ring is 1. The van der Waals surface area contributed by atoms with E-state index in [-0.39, 0.29) is 51.1 Å². The summed E-state index contributed by atoms with van der Waals surface area (Å²) in [4.78, 5) is 56.2. The van der Waals surface area contributed by atoms with Crippen LogP contribution in [0.3, 0.4) is 0 Å². The molecule has 6 aromatic rings. The standard InChI is InChI=1S/C19H14BrCl3N4O2.C10H12ClNO.C9H3BrCl3N3O/c1-3-15(28)12-5-10(21)4-9(2)17(12)25-19(29)14-7-16(20)26-27(14)18-13(23)6-11(22)8-24-18;1-3-9(13)8-5-7(11)4-6(2)10(8)12;10-7-2-6(8(13)17)16(15-7)9-5(12)1-4(11)3-14-9/h4-8H,3H2,1-2H3,(H,25,29);4-5H,3,12H2,1-2H3;1-3H. The number of carbonyl (C=O) groups is 4. The van der Waals surface area contributed by atoms with Crippen molar-refractivity contribution >= 4 is 147 Å². The Labute approximate surface area is 389 Å². The Morgan fingerprint density at radius 1 is 0.644 bits per heavy atom. The zero-order valence-corrected chi connectivity index (χ0v) is 39.4. The summed E-state index contributed by atoms with van der Waals surface area (Å²) in [6.45, 7) is 7.15. The van der Waals surface area contributed by atoms with Gasteiger partial charge < -0.3 is 11.1 Å². The van der Waals surface area contributed by atoms with Crippen molar-refractivity contribution < 1.29 is 19.2 Å². The number of benzene rings is 2. The van der Waals surface area contributed by atoms with Gasteiger partial charge >= 0.3 is 0 Å². The summed E-state index contributed by atoms with van der Waals surface area (Å²) < 4.78 is 3.41. The van der Waals surface area contributed by atoms with Crippen LogP contribution in [0.15, 0.2) is 70.1 Å². The van der Waals surface area contributed by atoms with Crippen molar-refractivity contribution in [3.8, 4) is 11.6 Å². The molecule has 4 aromatic heterocycles. The van der Waals surface area contributed by atoms with Crippen LogP contribution in [0, 0.1) is 13.8 Å². The van der Waals surface area contributed by atoms with Gasteiger partial charge in [0, 0.05) is 64.2 Å². The first-order valence-electron chi connectivity index (χ1n) is 16.8. The molecule has 0 bridgehead atoms. The Kier molecular flexibility index (Phi) is 17.4. The molecule has 6 rings (SSSR count). The number of carbonyl (C=O) groups excluding carboxylic acids is 4. The van der Waals surface area contributed by atoms with E-state index in [1.807, 2.05) is 6.92 Å². The smallest absolute Gasteiger partial charge is 0.274 e. The van der Waals surface area contributed by atoms with Gasteiger partial charge in [-0.05, 0) is 105 Å². The zero-order valence-electron chi connectivity index (χ0n) is 31.0. The second kappa shape index (κ2) is 21.3.